The third kappa shape index (κ3) is 4.23. The maximum Gasteiger partial charge on any atom is 0.224 e. The van der Waals surface area contributed by atoms with Crippen molar-refractivity contribution in [3.8, 4) is 0 Å². The lowest BCUT2D eigenvalue weighted by atomic mass is 10.1. The Morgan fingerprint density at radius 2 is 1.83 bits per heavy atom. The zero-order valence-corrected chi connectivity index (χ0v) is 15.2. The first-order chi connectivity index (χ1) is 11.2. The van der Waals surface area contributed by atoms with Crippen LogP contribution in [0.5, 0.6) is 0 Å². The maximum atomic E-state index is 12.1. The molecule has 0 fully saturated rings. The Labute approximate surface area is 142 Å². The summed E-state index contributed by atoms with van der Waals surface area (Å²) in [5.74, 6) is -0.120. The van der Waals surface area contributed by atoms with Crippen molar-refractivity contribution in [1.82, 2.24) is 15.1 Å². The van der Waals surface area contributed by atoms with Crippen molar-refractivity contribution in [1.29, 1.82) is 0 Å². The number of carbonyl (C=O) groups excluding carboxylic acids is 1. The Morgan fingerprint density at radius 3 is 2.33 bits per heavy atom. The third-order valence-corrected chi connectivity index (χ3v) is 6.01. The van der Waals surface area contributed by atoms with E-state index in [4.69, 9.17) is 0 Å². The van der Waals surface area contributed by atoms with Gasteiger partial charge in [0.15, 0.2) is 9.84 Å². The largest absolute Gasteiger partial charge is 0.349 e. The predicted molar refractivity (Wildman–Crippen MR) is 92.2 cm³/mol. The van der Waals surface area contributed by atoms with Crippen LogP contribution in [-0.2, 0) is 28.1 Å². The zero-order valence-electron chi connectivity index (χ0n) is 14.4. The van der Waals surface area contributed by atoms with E-state index >= 15 is 0 Å². The Balaban J connectivity index is 1.99. The first kappa shape index (κ1) is 18.2. The van der Waals surface area contributed by atoms with Crippen LogP contribution < -0.4 is 5.32 Å². The summed E-state index contributed by atoms with van der Waals surface area (Å²) in [5.41, 5.74) is 1.71. The van der Waals surface area contributed by atoms with E-state index in [2.05, 4.69) is 10.4 Å². The smallest absolute Gasteiger partial charge is 0.224 e. The molecule has 2 rings (SSSR count). The van der Waals surface area contributed by atoms with Gasteiger partial charge in [-0.05, 0) is 38.5 Å². The van der Waals surface area contributed by atoms with Crippen molar-refractivity contribution >= 4 is 15.7 Å². The lowest BCUT2D eigenvalue weighted by molar-refractivity contribution is -0.121. The van der Waals surface area contributed by atoms with Crippen molar-refractivity contribution in [2.45, 2.75) is 43.4 Å². The molecular weight excluding hydrogens is 326 g/mol. The number of nitrogens with zero attached hydrogens (tertiary/aromatic N) is 2. The second kappa shape index (κ2) is 7.17. The molecule has 1 N–H and O–H groups in total. The number of hydrogen-bond donors (Lipinski definition) is 1. The minimum atomic E-state index is -3.28. The monoisotopic (exact) mass is 349 g/mol. The summed E-state index contributed by atoms with van der Waals surface area (Å²) in [6.07, 6.45) is 3.78. The van der Waals surface area contributed by atoms with E-state index < -0.39 is 15.1 Å². The van der Waals surface area contributed by atoms with Crippen LogP contribution in [0.3, 0.4) is 0 Å². The van der Waals surface area contributed by atoms with Gasteiger partial charge < -0.3 is 5.32 Å². The predicted octanol–water partition coefficient (Wildman–Crippen LogP) is 2.02. The van der Waals surface area contributed by atoms with Crippen LogP contribution in [-0.4, -0.2) is 29.4 Å². The van der Waals surface area contributed by atoms with Crippen LogP contribution in [0.1, 0.15) is 37.9 Å². The molecule has 0 saturated heterocycles. The number of sulfone groups is 1. The average molecular weight is 349 g/mol. The van der Waals surface area contributed by atoms with E-state index in [0.717, 1.165) is 11.1 Å². The van der Waals surface area contributed by atoms with Gasteiger partial charge in [0.25, 0.3) is 0 Å². The van der Waals surface area contributed by atoms with Crippen LogP contribution in [0.4, 0.5) is 0 Å². The molecule has 2 aromatic rings. The summed E-state index contributed by atoms with van der Waals surface area (Å²) < 4.78 is 25.9. The fraction of sp³-hybridized carbons (Fsp3) is 0.412. The molecule has 0 aliphatic carbocycles. The molecule has 130 valence electrons. The highest BCUT2D eigenvalue weighted by molar-refractivity contribution is 7.92. The minimum absolute atomic E-state index is 0.120. The molecule has 1 aromatic heterocycles. The molecule has 0 aliphatic rings. The normalized spacial score (nSPS) is 13.0. The van der Waals surface area contributed by atoms with Crippen molar-refractivity contribution in [3.05, 3.63) is 47.8 Å². The van der Waals surface area contributed by atoms with E-state index in [1.165, 1.54) is 0 Å². The fourth-order valence-corrected chi connectivity index (χ4v) is 3.35. The van der Waals surface area contributed by atoms with Crippen molar-refractivity contribution < 1.29 is 13.2 Å². The van der Waals surface area contributed by atoms with Gasteiger partial charge in [-0.3, -0.25) is 9.48 Å². The number of nitrogens with one attached hydrogen (secondary N) is 1. The van der Waals surface area contributed by atoms with Crippen LogP contribution in [0.15, 0.2) is 41.6 Å². The molecule has 1 unspecified atom stereocenters. The number of aryl methyl sites for hydroxylation is 1. The first-order valence-corrected chi connectivity index (χ1v) is 9.35. The number of amides is 1. The van der Waals surface area contributed by atoms with Gasteiger partial charge in [-0.15, -0.1) is 0 Å². The van der Waals surface area contributed by atoms with E-state index in [9.17, 15) is 13.2 Å². The molecule has 24 heavy (non-hydrogen) atoms. The molecule has 0 saturated carbocycles. The highest BCUT2D eigenvalue weighted by Crippen LogP contribution is 2.17. The van der Waals surface area contributed by atoms with Gasteiger partial charge in [0.1, 0.15) is 0 Å². The second-order valence-corrected chi connectivity index (χ2v) is 8.66. The van der Waals surface area contributed by atoms with Gasteiger partial charge in [0.05, 0.1) is 28.8 Å². The molecule has 1 aromatic carbocycles. The first-order valence-electron chi connectivity index (χ1n) is 7.81. The van der Waals surface area contributed by atoms with Gasteiger partial charge in [-0.2, -0.15) is 5.10 Å². The Bertz CT molecular complexity index is 808. The quantitative estimate of drug-likeness (QED) is 0.865. The second-order valence-electron chi connectivity index (χ2n) is 6.15. The lowest BCUT2D eigenvalue weighted by Crippen LogP contribution is -2.27. The summed E-state index contributed by atoms with van der Waals surface area (Å²) in [5, 5.41) is 6.53. The number of carbonyl (C=O) groups is 1. The van der Waals surface area contributed by atoms with Crippen molar-refractivity contribution in [3.63, 3.8) is 0 Å². The molecule has 1 heterocycles. The highest BCUT2D eigenvalue weighted by Gasteiger charge is 2.19. The summed E-state index contributed by atoms with van der Waals surface area (Å²) in [6, 6.07) is 6.35. The van der Waals surface area contributed by atoms with Crippen molar-refractivity contribution in [2.75, 3.05) is 0 Å². The molecule has 7 heteroatoms. The molecule has 6 nitrogen and oxygen atoms in total. The SMILES string of the molecule is CC(NC(=O)Cc1ccc(S(=O)(=O)C(C)C)cc1)c1cnn(C)c1. The zero-order chi connectivity index (χ0) is 17.9. The number of rotatable bonds is 6. The topological polar surface area (TPSA) is 81.1 Å². The molecule has 0 aliphatic heterocycles. The molecule has 1 amide bonds. The van der Waals surface area contributed by atoms with Crippen LogP contribution in [0, 0.1) is 0 Å². The molecule has 0 bridgehead atoms. The summed E-state index contributed by atoms with van der Waals surface area (Å²) >= 11 is 0. The standard InChI is InChI=1S/C17H23N3O3S/c1-12(2)24(22,23)16-7-5-14(6-8-16)9-17(21)19-13(3)15-10-18-20(4)11-15/h5-8,10-13H,9H2,1-4H3,(H,19,21). The molecule has 1 atom stereocenters. The van der Waals surface area contributed by atoms with Gasteiger partial charge in [0, 0.05) is 18.8 Å². The molecule has 0 radical (unpaired) electrons. The molecule has 0 spiro atoms. The average Bonchev–Trinajstić information content (AvgIpc) is 2.94. The van der Waals surface area contributed by atoms with Gasteiger partial charge >= 0.3 is 0 Å². The Morgan fingerprint density at radius 1 is 1.21 bits per heavy atom. The van der Waals surface area contributed by atoms with E-state index in [1.807, 2.05) is 20.2 Å². The van der Waals surface area contributed by atoms with E-state index in [1.54, 1.807) is 49.0 Å². The van der Waals surface area contributed by atoms with Gasteiger partial charge in [-0.25, -0.2) is 8.42 Å². The fourth-order valence-electron chi connectivity index (χ4n) is 2.29. The Kier molecular flexibility index (Phi) is 5.43. The third-order valence-electron chi connectivity index (χ3n) is 3.84. The van der Waals surface area contributed by atoms with Crippen LogP contribution in [0.25, 0.3) is 0 Å². The summed E-state index contributed by atoms with van der Waals surface area (Å²) in [7, 11) is -1.46. The van der Waals surface area contributed by atoms with Crippen LogP contribution >= 0.6 is 0 Å². The molecular formula is C17H23N3O3S. The lowest BCUT2D eigenvalue weighted by Gasteiger charge is -2.12. The minimum Gasteiger partial charge on any atom is -0.349 e. The number of aromatic nitrogens is 2. The van der Waals surface area contributed by atoms with Gasteiger partial charge in [0.2, 0.25) is 5.91 Å². The van der Waals surface area contributed by atoms with E-state index in [0.29, 0.717) is 0 Å². The van der Waals surface area contributed by atoms with E-state index in [-0.39, 0.29) is 23.3 Å². The number of benzene rings is 1. The summed E-state index contributed by atoms with van der Waals surface area (Å²) in [4.78, 5) is 12.4. The van der Waals surface area contributed by atoms with Crippen molar-refractivity contribution in [2.24, 2.45) is 7.05 Å². The number of hydrogen-bond acceptors (Lipinski definition) is 4. The van der Waals surface area contributed by atoms with Gasteiger partial charge in [-0.1, -0.05) is 12.1 Å². The summed E-state index contributed by atoms with van der Waals surface area (Å²) in [6.45, 7) is 5.19. The Hall–Kier alpha value is -2.15. The van der Waals surface area contributed by atoms with Crippen LogP contribution in [0.2, 0.25) is 0 Å². The highest BCUT2D eigenvalue weighted by atomic mass is 32.2. The maximum absolute atomic E-state index is 12.1.